The molecule has 2 heterocycles. The summed E-state index contributed by atoms with van der Waals surface area (Å²) in [7, 11) is -1.48. The highest BCUT2D eigenvalue weighted by molar-refractivity contribution is 7.92. The smallest absolute Gasteiger partial charge is 0.341 e. The number of ether oxygens (including phenoxy) is 4. The normalized spacial score (nSPS) is 10.9. The van der Waals surface area contributed by atoms with Crippen molar-refractivity contribution in [1.29, 1.82) is 0 Å². The molecule has 0 atom stereocenters. The van der Waals surface area contributed by atoms with E-state index in [9.17, 15) is 13.2 Å². The van der Waals surface area contributed by atoms with Gasteiger partial charge >= 0.3 is 5.97 Å². The number of para-hydroxylation sites is 2. The Bertz CT molecular complexity index is 1690. The molecule has 12 nitrogen and oxygen atoms in total. The van der Waals surface area contributed by atoms with E-state index in [0.29, 0.717) is 16.9 Å². The Kier molecular flexibility index (Phi) is 8.68. The lowest BCUT2D eigenvalue weighted by atomic mass is 10.2. The van der Waals surface area contributed by atoms with E-state index in [4.69, 9.17) is 24.1 Å². The van der Waals surface area contributed by atoms with Gasteiger partial charge in [0.15, 0.2) is 34.8 Å². The summed E-state index contributed by atoms with van der Waals surface area (Å²) >= 11 is 0. The minimum atomic E-state index is -4.27. The van der Waals surface area contributed by atoms with Gasteiger partial charge in [-0.2, -0.15) is 13.4 Å². The molecule has 0 amide bonds. The van der Waals surface area contributed by atoms with E-state index >= 15 is 0 Å². The molecule has 0 unspecified atom stereocenters. The summed E-state index contributed by atoms with van der Waals surface area (Å²) in [5, 5.41) is 8.67. The lowest BCUT2D eigenvalue weighted by molar-refractivity contribution is -0.139. The van der Waals surface area contributed by atoms with Gasteiger partial charge in [-0.25, -0.2) is 14.8 Å². The molecule has 0 aliphatic rings. The van der Waals surface area contributed by atoms with Crippen molar-refractivity contribution < 1.29 is 37.3 Å². The Hall–Kier alpha value is -5.17. The van der Waals surface area contributed by atoms with Crippen LogP contribution < -0.4 is 23.7 Å². The second kappa shape index (κ2) is 12.3. The number of benzene rings is 2. The van der Waals surface area contributed by atoms with Crippen LogP contribution in [0.25, 0.3) is 17.0 Å². The third kappa shape index (κ3) is 6.89. The Morgan fingerprint density at radius 1 is 1.00 bits per heavy atom. The summed E-state index contributed by atoms with van der Waals surface area (Å²) in [6.07, 6.45) is 1.40. The van der Waals surface area contributed by atoms with Crippen molar-refractivity contribution in [1.82, 2.24) is 15.0 Å². The maximum Gasteiger partial charge on any atom is 0.341 e. The fourth-order valence-corrected chi connectivity index (χ4v) is 4.45. The molecule has 4 aromatic rings. The Labute approximate surface area is 236 Å². The molecule has 0 fully saturated rings. The van der Waals surface area contributed by atoms with Gasteiger partial charge in [-0.15, -0.1) is 0 Å². The number of sulfonamides is 1. The van der Waals surface area contributed by atoms with Gasteiger partial charge < -0.3 is 24.1 Å². The molecule has 2 N–H and O–H groups in total. The standard InChI is InChI=1S/C28H26N4O8S/c1-17(2)19-12-13-23(29-15-19)41(35,36)32-27-25(40-22-11-6-5-10-21(22)37-3)28(38-4)31-26(30-27)18-8-7-9-20(14-18)39-16-24(33)34/h5-15H,1,16H2,2-4H3,(H,33,34)(H,30,31,32). The first-order chi connectivity index (χ1) is 19.6. The molecule has 0 radical (unpaired) electrons. The van der Waals surface area contributed by atoms with Crippen LogP contribution in [-0.4, -0.2) is 55.3 Å². The SMILES string of the molecule is C=C(C)c1ccc(S(=O)(=O)Nc2nc(-c3cccc(OCC(=O)O)c3)nc(OC)c2Oc2ccccc2OC)nc1. The van der Waals surface area contributed by atoms with Crippen LogP contribution in [0.5, 0.6) is 28.9 Å². The summed E-state index contributed by atoms with van der Waals surface area (Å²) in [5.74, 6) is -0.731. The summed E-state index contributed by atoms with van der Waals surface area (Å²) in [4.78, 5) is 23.8. The zero-order chi connectivity index (χ0) is 29.6. The number of anilines is 1. The highest BCUT2D eigenvalue weighted by Crippen LogP contribution is 2.41. The Morgan fingerprint density at radius 2 is 1.76 bits per heavy atom. The number of carboxylic acids is 1. The number of pyridine rings is 1. The number of nitrogens with one attached hydrogen (secondary N) is 1. The number of allylic oxidation sites excluding steroid dienone is 1. The molecule has 0 bridgehead atoms. The number of rotatable bonds is 12. The monoisotopic (exact) mass is 578 g/mol. The van der Waals surface area contributed by atoms with E-state index < -0.39 is 22.6 Å². The minimum absolute atomic E-state index is 0.0401. The second-order valence-electron chi connectivity index (χ2n) is 8.47. The van der Waals surface area contributed by atoms with E-state index in [1.807, 2.05) is 0 Å². The van der Waals surface area contributed by atoms with Crippen molar-refractivity contribution in [2.75, 3.05) is 25.5 Å². The van der Waals surface area contributed by atoms with Gasteiger partial charge in [0.1, 0.15) is 5.75 Å². The number of carbonyl (C=O) groups is 1. The molecule has 13 heteroatoms. The number of hydrogen-bond acceptors (Lipinski definition) is 10. The van der Waals surface area contributed by atoms with E-state index in [0.717, 1.165) is 5.57 Å². The summed E-state index contributed by atoms with van der Waals surface area (Å²) in [6.45, 7) is 5.06. The van der Waals surface area contributed by atoms with Crippen molar-refractivity contribution in [3.8, 4) is 40.3 Å². The van der Waals surface area contributed by atoms with Crippen LogP contribution in [0.4, 0.5) is 5.82 Å². The second-order valence-corrected chi connectivity index (χ2v) is 10.1. The third-order valence-electron chi connectivity index (χ3n) is 5.50. The molecule has 4 rings (SSSR count). The molecule has 41 heavy (non-hydrogen) atoms. The van der Waals surface area contributed by atoms with Crippen molar-refractivity contribution in [3.63, 3.8) is 0 Å². The number of hydrogen-bond donors (Lipinski definition) is 2. The topological polar surface area (TPSA) is 159 Å². The lowest BCUT2D eigenvalue weighted by Crippen LogP contribution is -2.17. The fraction of sp³-hybridized carbons (Fsp3) is 0.143. The lowest BCUT2D eigenvalue weighted by Gasteiger charge is -2.17. The molecule has 0 saturated heterocycles. The van der Waals surface area contributed by atoms with Crippen LogP contribution in [0.15, 0.2) is 78.5 Å². The average Bonchev–Trinajstić information content (AvgIpc) is 2.97. The van der Waals surface area contributed by atoms with Crippen molar-refractivity contribution in [2.45, 2.75) is 11.9 Å². The number of carboxylic acid groups (broad SMARTS) is 1. The molecular formula is C28H26N4O8S. The quantitative estimate of drug-likeness (QED) is 0.241. The molecule has 2 aromatic heterocycles. The van der Waals surface area contributed by atoms with Gasteiger partial charge in [-0.1, -0.05) is 36.9 Å². The first-order valence-corrected chi connectivity index (χ1v) is 13.5. The van der Waals surface area contributed by atoms with E-state index in [1.54, 1.807) is 55.5 Å². The molecule has 212 valence electrons. The largest absolute Gasteiger partial charge is 0.493 e. The van der Waals surface area contributed by atoms with E-state index in [-0.39, 0.29) is 39.8 Å². The first-order valence-electron chi connectivity index (χ1n) is 12.0. The molecule has 0 spiro atoms. The maximum absolute atomic E-state index is 13.4. The molecule has 0 aliphatic heterocycles. The van der Waals surface area contributed by atoms with Gasteiger partial charge in [-0.3, -0.25) is 4.72 Å². The van der Waals surface area contributed by atoms with Crippen molar-refractivity contribution >= 4 is 27.4 Å². The zero-order valence-electron chi connectivity index (χ0n) is 22.3. The van der Waals surface area contributed by atoms with Crippen LogP contribution in [0, 0.1) is 0 Å². The molecule has 2 aromatic carbocycles. The maximum atomic E-state index is 13.4. The van der Waals surface area contributed by atoms with Crippen LogP contribution in [0.3, 0.4) is 0 Å². The number of methoxy groups -OCH3 is 2. The van der Waals surface area contributed by atoms with Gasteiger partial charge in [-0.05, 0) is 48.4 Å². The van der Waals surface area contributed by atoms with E-state index in [1.165, 1.54) is 32.5 Å². The summed E-state index contributed by atoms with van der Waals surface area (Å²) in [6, 6.07) is 16.0. The first kappa shape index (κ1) is 28.8. The van der Waals surface area contributed by atoms with Gasteiger partial charge in [0.05, 0.1) is 14.2 Å². The van der Waals surface area contributed by atoms with Gasteiger partial charge in [0.25, 0.3) is 15.9 Å². The molecule has 0 saturated carbocycles. The predicted octanol–water partition coefficient (Wildman–Crippen LogP) is 4.65. The third-order valence-corrected chi connectivity index (χ3v) is 6.75. The molecular weight excluding hydrogens is 552 g/mol. The van der Waals surface area contributed by atoms with Crippen LogP contribution >= 0.6 is 0 Å². The zero-order valence-corrected chi connectivity index (χ0v) is 23.1. The van der Waals surface area contributed by atoms with Crippen molar-refractivity contribution in [2.24, 2.45) is 0 Å². The number of nitrogens with zero attached hydrogens (tertiary/aromatic N) is 3. The Morgan fingerprint density at radius 3 is 2.39 bits per heavy atom. The highest BCUT2D eigenvalue weighted by Gasteiger charge is 2.26. The van der Waals surface area contributed by atoms with Gasteiger partial charge in [0.2, 0.25) is 5.75 Å². The van der Waals surface area contributed by atoms with E-state index in [2.05, 4.69) is 26.3 Å². The van der Waals surface area contributed by atoms with Gasteiger partial charge in [0, 0.05) is 11.8 Å². The molecule has 0 aliphatic carbocycles. The minimum Gasteiger partial charge on any atom is -0.493 e. The summed E-state index contributed by atoms with van der Waals surface area (Å²) in [5.41, 5.74) is 1.79. The van der Waals surface area contributed by atoms with Crippen LogP contribution in [-0.2, 0) is 14.8 Å². The number of aromatic nitrogens is 3. The van der Waals surface area contributed by atoms with Crippen LogP contribution in [0.2, 0.25) is 0 Å². The predicted molar refractivity (Wildman–Crippen MR) is 150 cm³/mol. The van der Waals surface area contributed by atoms with Crippen molar-refractivity contribution in [3.05, 3.63) is 79.0 Å². The average molecular weight is 579 g/mol. The summed E-state index contributed by atoms with van der Waals surface area (Å²) < 4.78 is 51.4. The fourth-order valence-electron chi connectivity index (χ4n) is 3.51. The number of aliphatic carboxylic acids is 1. The van der Waals surface area contributed by atoms with Crippen LogP contribution in [0.1, 0.15) is 12.5 Å². The Balaban J connectivity index is 1.83. The highest BCUT2D eigenvalue weighted by atomic mass is 32.2.